The van der Waals surface area contributed by atoms with Gasteiger partial charge in [-0.15, -0.1) is 5.76 Å². The lowest BCUT2D eigenvalue weighted by molar-refractivity contribution is -0.306. The monoisotopic (exact) mass is 710 g/mol. The van der Waals surface area contributed by atoms with E-state index in [4.69, 9.17) is 66.4 Å². The summed E-state index contributed by atoms with van der Waals surface area (Å²) >= 11 is 22.1. The fraction of sp³-hybridized carbons (Fsp3) is 0.321. The van der Waals surface area contributed by atoms with E-state index >= 15 is 0 Å². The molecule has 0 bridgehead atoms. The summed E-state index contributed by atoms with van der Waals surface area (Å²) in [4.78, 5) is 36.1. The number of benzene rings is 2. The number of halogens is 6. The number of esters is 2. The van der Waals surface area contributed by atoms with Crippen molar-refractivity contribution in [3.8, 4) is 0 Å². The average molecular weight is 712 g/mol. The fourth-order valence-electron chi connectivity index (χ4n) is 3.25. The van der Waals surface area contributed by atoms with Crippen LogP contribution in [0.25, 0.3) is 4.98 Å². The third-order valence-electron chi connectivity index (χ3n) is 5.30. The number of carboxylic acid groups (broad SMARTS) is 1. The molecule has 0 saturated heterocycles. The molecular weight excluding hydrogens is 684 g/mol. The summed E-state index contributed by atoms with van der Waals surface area (Å²) in [5.74, 6) is -3.57. The van der Waals surface area contributed by atoms with E-state index in [-0.39, 0.29) is 56.7 Å². The maximum atomic E-state index is 13.3. The minimum absolute atomic E-state index is 0.0182. The average Bonchev–Trinajstić information content (AvgIpc) is 3.42. The SMILES string of the molecule is CCOC(=O)/C(=C\CCC(=O)O)NNc1cc(Cl)c(F)c(Cl)c1.CCOC(=O)C1=C([O-])CCC1.N#[N+]c1cc(Cl)c(F)c(Cl)c1. The van der Waals surface area contributed by atoms with Crippen molar-refractivity contribution in [2.75, 3.05) is 18.6 Å². The predicted octanol–water partition coefficient (Wildman–Crippen LogP) is 7.33. The van der Waals surface area contributed by atoms with Crippen LogP contribution in [-0.2, 0) is 23.9 Å². The zero-order valence-electron chi connectivity index (χ0n) is 23.9. The van der Waals surface area contributed by atoms with Crippen LogP contribution in [0.5, 0.6) is 0 Å². The van der Waals surface area contributed by atoms with Gasteiger partial charge in [0.15, 0.2) is 16.6 Å². The van der Waals surface area contributed by atoms with Gasteiger partial charge in [0.1, 0.15) is 5.70 Å². The van der Waals surface area contributed by atoms with Crippen molar-refractivity contribution in [2.24, 2.45) is 0 Å². The number of ether oxygens (including phenoxy) is 2. The number of hydrazine groups is 1. The molecule has 2 aromatic carbocycles. The lowest BCUT2D eigenvalue weighted by atomic mass is 10.2. The van der Waals surface area contributed by atoms with Crippen LogP contribution in [0.4, 0.5) is 20.2 Å². The second-order valence-electron chi connectivity index (χ2n) is 8.57. The van der Waals surface area contributed by atoms with Gasteiger partial charge in [-0.3, -0.25) is 10.2 Å². The van der Waals surface area contributed by atoms with Gasteiger partial charge in [-0.1, -0.05) is 52.5 Å². The van der Waals surface area contributed by atoms with E-state index in [1.807, 2.05) is 0 Å². The standard InChI is InChI=1S/C14H15Cl2FN2O4.C8H12O3.C6H2Cl2FN2/c1-2-23-14(22)11(4-3-5-12(20)21)19-18-8-6-9(15)13(17)10(16)7-8;1-2-11-8(10)6-4-3-5-7(6)9;7-4-1-3(11-10)2-5(8)6(4)9/h4,6-7,18-19H,2-3,5H2,1H3,(H,20,21);9H,2-5H2,1H3;1-2H/q;;+1/p-1/b11-4+;;. The Morgan fingerprint density at radius 2 is 1.51 bits per heavy atom. The maximum Gasteiger partial charge on any atom is 0.388 e. The molecule has 3 rings (SSSR count). The van der Waals surface area contributed by atoms with Crippen LogP contribution in [0, 0.1) is 17.0 Å². The van der Waals surface area contributed by atoms with Crippen molar-refractivity contribution in [2.45, 2.75) is 46.0 Å². The van der Waals surface area contributed by atoms with Gasteiger partial charge in [0.05, 0.1) is 51.1 Å². The number of nitrogens with zero attached hydrogens (tertiary/aromatic N) is 2. The number of diazo groups is 1. The molecule has 2 aromatic rings. The van der Waals surface area contributed by atoms with Crippen LogP contribution >= 0.6 is 46.4 Å². The van der Waals surface area contributed by atoms with Crippen molar-refractivity contribution in [1.29, 1.82) is 5.39 Å². The van der Waals surface area contributed by atoms with Gasteiger partial charge < -0.3 is 25.1 Å². The van der Waals surface area contributed by atoms with Crippen molar-refractivity contribution in [1.82, 2.24) is 5.43 Å². The Balaban J connectivity index is 0.000000381. The zero-order valence-corrected chi connectivity index (χ0v) is 26.9. The highest BCUT2D eigenvalue weighted by molar-refractivity contribution is 6.35. The van der Waals surface area contributed by atoms with Crippen LogP contribution in [-0.4, -0.2) is 36.2 Å². The summed E-state index contributed by atoms with van der Waals surface area (Å²) in [6.07, 6.45) is 3.27. The predicted molar refractivity (Wildman–Crippen MR) is 163 cm³/mol. The number of nitrogens with one attached hydrogen (secondary N) is 2. The Morgan fingerprint density at radius 1 is 0.978 bits per heavy atom. The quantitative estimate of drug-likeness (QED) is 0.0747. The summed E-state index contributed by atoms with van der Waals surface area (Å²) in [5, 5.41) is 27.1. The van der Waals surface area contributed by atoms with Crippen LogP contribution in [0.15, 0.2) is 47.4 Å². The first kappa shape index (κ1) is 39.2. The molecule has 0 aromatic heterocycles. The van der Waals surface area contributed by atoms with Gasteiger partial charge in [-0.05, 0) is 51.7 Å². The topological polar surface area (TPSA) is 165 Å². The van der Waals surface area contributed by atoms with Crippen molar-refractivity contribution >= 4 is 75.7 Å². The van der Waals surface area contributed by atoms with Crippen molar-refractivity contribution in [3.63, 3.8) is 0 Å². The lowest BCUT2D eigenvalue weighted by Crippen LogP contribution is -2.27. The summed E-state index contributed by atoms with van der Waals surface area (Å²) < 4.78 is 35.5. The van der Waals surface area contributed by atoms with Crippen LogP contribution in [0.1, 0.15) is 46.0 Å². The van der Waals surface area contributed by atoms with E-state index < -0.39 is 29.5 Å². The number of allylic oxidation sites excluding steroid dienone is 2. The second kappa shape index (κ2) is 20.2. The summed E-state index contributed by atoms with van der Waals surface area (Å²) in [5.41, 5.74) is 6.01. The number of carbonyl (C=O) groups excluding carboxylic acids is 2. The van der Waals surface area contributed by atoms with Crippen molar-refractivity contribution in [3.05, 3.63) is 84.1 Å². The highest BCUT2D eigenvalue weighted by Gasteiger charge is 2.16. The molecule has 0 fully saturated rings. The van der Waals surface area contributed by atoms with E-state index in [9.17, 15) is 28.3 Å². The molecule has 0 amide bonds. The van der Waals surface area contributed by atoms with Crippen LogP contribution in [0.2, 0.25) is 20.1 Å². The molecule has 0 spiro atoms. The Morgan fingerprint density at radius 3 is 1.96 bits per heavy atom. The Kier molecular flexibility index (Phi) is 17.6. The maximum absolute atomic E-state index is 13.3. The molecule has 17 heteroatoms. The van der Waals surface area contributed by atoms with Gasteiger partial charge in [0.25, 0.3) is 0 Å². The molecule has 0 unspecified atom stereocenters. The van der Waals surface area contributed by atoms with E-state index in [2.05, 4.69) is 15.8 Å². The highest BCUT2D eigenvalue weighted by Crippen LogP contribution is 2.29. The summed E-state index contributed by atoms with van der Waals surface area (Å²) in [6, 6.07) is 4.89. The first-order chi connectivity index (χ1) is 21.2. The van der Waals surface area contributed by atoms with Gasteiger partial charge >= 0.3 is 23.6 Å². The number of carbonyl (C=O) groups is 3. The van der Waals surface area contributed by atoms with E-state index in [0.29, 0.717) is 30.7 Å². The lowest BCUT2D eigenvalue weighted by Gasteiger charge is -2.13. The first-order valence-corrected chi connectivity index (χ1v) is 14.6. The number of rotatable bonds is 10. The van der Waals surface area contributed by atoms with E-state index in [0.717, 1.165) is 6.42 Å². The summed E-state index contributed by atoms with van der Waals surface area (Å²) in [6.45, 7) is 3.87. The Hall–Kier alpha value is -3.83. The van der Waals surface area contributed by atoms with Crippen molar-refractivity contribution < 1.29 is 42.9 Å². The third-order valence-corrected chi connectivity index (χ3v) is 6.40. The number of aliphatic carboxylic acids is 1. The van der Waals surface area contributed by atoms with Crippen LogP contribution in [0.3, 0.4) is 0 Å². The molecule has 1 aliphatic rings. The van der Waals surface area contributed by atoms with Gasteiger partial charge in [0.2, 0.25) is 5.39 Å². The normalized spacial score (nSPS) is 12.1. The number of hydrogen-bond donors (Lipinski definition) is 3. The van der Waals surface area contributed by atoms with E-state index in [1.165, 1.54) is 30.3 Å². The smallest absolute Gasteiger partial charge is 0.388 e. The molecule has 45 heavy (non-hydrogen) atoms. The molecule has 0 heterocycles. The second-order valence-corrected chi connectivity index (χ2v) is 10.2. The summed E-state index contributed by atoms with van der Waals surface area (Å²) in [7, 11) is 0. The van der Waals surface area contributed by atoms with Gasteiger partial charge in [-0.25, -0.2) is 18.4 Å². The molecule has 3 N–H and O–H groups in total. The van der Waals surface area contributed by atoms with Crippen LogP contribution < -0.4 is 16.0 Å². The van der Waals surface area contributed by atoms with E-state index in [1.54, 1.807) is 13.8 Å². The van der Waals surface area contributed by atoms with Gasteiger partial charge in [0, 0.05) is 12.0 Å². The van der Waals surface area contributed by atoms with Gasteiger partial charge in [-0.2, -0.15) is 0 Å². The number of hydrogen-bond acceptors (Lipinski definition) is 9. The fourth-order valence-corrected chi connectivity index (χ4v) is 4.21. The Labute approximate surface area is 277 Å². The molecular formula is C28H28Cl4F2N4O7. The molecule has 244 valence electrons. The molecule has 11 nitrogen and oxygen atoms in total. The first-order valence-electron chi connectivity index (χ1n) is 13.1. The molecule has 0 radical (unpaired) electrons. The molecule has 0 saturated carbocycles. The molecule has 0 aliphatic heterocycles. The largest absolute Gasteiger partial charge is 0.875 e. The minimum Gasteiger partial charge on any atom is -0.875 e. The Bertz CT molecular complexity index is 1440. The number of anilines is 1. The number of carboxylic acids is 1. The zero-order chi connectivity index (χ0) is 34.1. The molecule has 1 aliphatic carbocycles. The minimum atomic E-state index is -0.991. The molecule has 0 atom stereocenters. The highest BCUT2D eigenvalue weighted by atomic mass is 35.5. The third kappa shape index (κ3) is 13.8.